The number of alkyl halides is 3. The first kappa shape index (κ1) is 21.1. The maximum absolute atomic E-state index is 13.5. The first-order valence-electron chi connectivity index (χ1n) is 8.80. The summed E-state index contributed by atoms with van der Waals surface area (Å²) in [5.41, 5.74) is -0.380. The zero-order valence-electron chi connectivity index (χ0n) is 15.7. The van der Waals surface area contributed by atoms with E-state index in [4.69, 9.17) is 16.7 Å². The summed E-state index contributed by atoms with van der Waals surface area (Å²) in [5.74, 6) is -2.06. The van der Waals surface area contributed by atoms with E-state index >= 15 is 0 Å². The molecule has 0 spiro atoms. The van der Waals surface area contributed by atoms with Gasteiger partial charge in [0.2, 0.25) is 0 Å². The predicted molar refractivity (Wildman–Crippen MR) is 111 cm³/mol. The highest BCUT2D eigenvalue weighted by molar-refractivity contribution is 7.19. The van der Waals surface area contributed by atoms with Crippen molar-refractivity contribution >= 4 is 45.0 Å². The topological polar surface area (TPSA) is 72.2 Å². The molecule has 2 aromatic heterocycles. The van der Waals surface area contributed by atoms with Crippen LogP contribution in [-0.2, 0) is 6.18 Å². The Kier molecular flexibility index (Phi) is 5.10. The van der Waals surface area contributed by atoms with Gasteiger partial charge < -0.3 is 5.11 Å². The number of hydrogen-bond acceptors (Lipinski definition) is 4. The fourth-order valence-electron chi connectivity index (χ4n) is 3.20. The minimum atomic E-state index is -4.75. The molecule has 0 aliphatic rings. The number of halogens is 4. The van der Waals surface area contributed by atoms with E-state index in [1.54, 1.807) is 13.0 Å². The summed E-state index contributed by atoms with van der Waals surface area (Å²) in [6.07, 6.45) is -4.75. The quantitative estimate of drug-likeness (QED) is 0.395. The lowest BCUT2D eigenvalue weighted by molar-refractivity contribution is -0.137. The van der Waals surface area contributed by atoms with Gasteiger partial charge >= 0.3 is 12.1 Å². The summed E-state index contributed by atoms with van der Waals surface area (Å²) in [6, 6.07) is 10.3. The van der Waals surface area contributed by atoms with Crippen molar-refractivity contribution in [2.45, 2.75) is 13.1 Å². The Labute approximate surface area is 182 Å². The average molecular weight is 465 g/mol. The zero-order valence-corrected chi connectivity index (χ0v) is 17.3. The van der Waals surface area contributed by atoms with Crippen LogP contribution in [0.15, 0.2) is 48.5 Å². The lowest BCUT2D eigenvalue weighted by Crippen LogP contribution is -2.19. The summed E-state index contributed by atoms with van der Waals surface area (Å²) in [6.45, 7) is 1.80. The molecule has 0 bridgehead atoms. The van der Waals surface area contributed by atoms with Crippen LogP contribution < -0.4 is 0 Å². The van der Waals surface area contributed by atoms with Crippen molar-refractivity contribution in [1.82, 2.24) is 9.78 Å². The van der Waals surface area contributed by atoms with Gasteiger partial charge in [-0.3, -0.25) is 4.79 Å². The number of thiophene rings is 1. The van der Waals surface area contributed by atoms with Crippen molar-refractivity contribution in [3.05, 3.63) is 75.1 Å². The molecule has 4 aromatic rings. The third kappa shape index (κ3) is 3.82. The first-order chi connectivity index (χ1) is 14.6. The average Bonchev–Trinajstić information content (AvgIpc) is 3.23. The SMILES string of the molecule is Cc1cc2c(s1)c(-c1ccc(C(=O)O)cc1)nn2C(=O)c1cc(Cl)ccc1C(F)(F)F. The Morgan fingerprint density at radius 2 is 1.77 bits per heavy atom. The lowest BCUT2D eigenvalue weighted by Gasteiger charge is -2.12. The number of benzene rings is 2. The largest absolute Gasteiger partial charge is 0.478 e. The summed E-state index contributed by atoms with van der Waals surface area (Å²) in [5, 5.41) is 13.3. The van der Waals surface area contributed by atoms with E-state index in [1.807, 2.05) is 0 Å². The molecule has 0 saturated carbocycles. The Morgan fingerprint density at radius 1 is 1.10 bits per heavy atom. The number of nitrogens with zero attached hydrogens (tertiary/aromatic N) is 2. The van der Waals surface area contributed by atoms with Crippen LogP contribution in [0.2, 0.25) is 5.02 Å². The highest BCUT2D eigenvalue weighted by Gasteiger charge is 2.36. The van der Waals surface area contributed by atoms with E-state index < -0.39 is 29.2 Å². The van der Waals surface area contributed by atoms with Gasteiger partial charge in [0.1, 0.15) is 5.69 Å². The Balaban J connectivity index is 1.90. The lowest BCUT2D eigenvalue weighted by atomic mass is 10.1. The number of aromatic carboxylic acids is 1. The number of carbonyl (C=O) groups excluding carboxylic acids is 1. The number of aromatic nitrogens is 2. The molecule has 0 amide bonds. The number of fused-ring (bicyclic) bond motifs is 1. The summed E-state index contributed by atoms with van der Waals surface area (Å²) < 4.78 is 42.0. The van der Waals surface area contributed by atoms with Crippen LogP contribution in [0.3, 0.4) is 0 Å². The number of carboxylic acid groups (broad SMARTS) is 1. The van der Waals surface area contributed by atoms with Crippen molar-refractivity contribution in [3.8, 4) is 11.3 Å². The Morgan fingerprint density at radius 3 is 2.39 bits per heavy atom. The maximum Gasteiger partial charge on any atom is 0.417 e. The number of carboxylic acids is 1. The van der Waals surface area contributed by atoms with Gasteiger partial charge in [-0.05, 0) is 43.3 Å². The van der Waals surface area contributed by atoms with Crippen LogP contribution in [0.5, 0.6) is 0 Å². The van der Waals surface area contributed by atoms with Gasteiger partial charge in [0, 0.05) is 15.5 Å². The van der Waals surface area contributed by atoms with Gasteiger partial charge in [-0.2, -0.15) is 23.0 Å². The van der Waals surface area contributed by atoms with Gasteiger partial charge in [-0.1, -0.05) is 23.7 Å². The Hall–Kier alpha value is -3.17. The molecule has 0 atom stereocenters. The second-order valence-corrected chi connectivity index (χ2v) is 8.40. The van der Waals surface area contributed by atoms with E-state index in [-0.39, 0.29) is 10.6 Å². The number of carbonyl (C=O) groups is 2. The molecule has 2 aromatic carbocycles. The van der Waals surface area contributed by atoms with Gasteiger partial charge in [0.15, 0.2) is 0 Å². The van der Waals surface area contributed by atoms with Crippen molar-refractivity contribution in [2.75, 3.05) is 0 Å². The van der Waals surface area contributed by atoms with E-state index in [0.717, 1.165) is 27.8 Å². The van der Waals surface area contributed by atoms with Crippen molar-refractivity contribution in [2.24, 2.45) is 0 Å². The van der Waals surface area contributed by atoms with Crippen molar-refractivity contribution < 1.29 is 27.9 Å². The van der Waals surface area contributed by atoms with Gasteiger partial charge in [0.25, 0.3) is 5.91 Å². The molecule has 0 saturated heterocycles. The molecule has 10 heteroatoms. The molecule has 5 nitrogen and oxygen atoms in total. The standard InChI is InChI=1S/C21H12ClF3N2O3S/c1-10-8-16-18(31-10)17(11-2-4-12(5-3-11)20(29)30)26-27(16)19(28)14-9-13(22)6-7-15(14)21(23,24)25/h2-9H,1H3,(H,29,30). The molecule has 0 aliphatic carbocycles. The Bertz CT molecular complexity index is 1340. The highest BCUT2D eigenvalue weighted by atomic mass is 35.5. The number of rotatable bonds is 3. The van der Waals surface area contributed by atoms with Gasteiger partial charge in [-0.15, -0.1) is 11.3 Å². The molecule has 0 unspecified atom stereocenters. The number of aryl methyl sites for hydroxylation is 1. The van der Waals surface area contributed by atoms with Crippen LogP contribution in [0, 0.1) is 6.92 Å². The molecule has 0 aliphatic heterocycles. The monoisotopic (exact) mass is 464 g/mol. The van der Waals surface area contributed by atoms with Crippen molar-refractivity contribution in [1.29, 1.82) is 0 Å². The van der Waals surface area contributed by atoms with E-state index in [9.17, 15) is 22.8 Å². The maximum atomic E-state index is 13.5. The second-order valence-electron chi connectivity index (χ2n) is 6.71. The van der Waals surface area contributed by atoms with Gasteiger partial charge in [-0.25, -0.2) is 4.79 Å². The predicted octanol–water partition coefficient (Wildman–Crippen LogP) is 6.13. The minimum Gasteiger partial charge on any atom is -0.478 e. The minimum absolute atomic E-state index is 0.00858. The van der Waals surface area contributed by atoms with Crippen LogP contribution in [0.1, 0.15) is 31.2 Å². The van der Waals surface area contributed by atoms with E-state index in [0.29, 0.717) is 21.5 Å². The molecule has 4 rings (SSSR count). The third-order valence-electron chi connectivity index (χ3n) is 4.59. The molecule has 158 valence electrons. The van der Waals surface area contributed by atoms with E-state index in [1.165, 1.54) is 35.6 Å². The van der Waals surface area contributed by atoms with Crippen LogP contribution in [0.25, 0.3) is 21.5 Å². The fraction of sp³-hybridized carbons (Fsp3) is 0.0952. The molecule has 0 fully saturated rings. The smallest absolute Gasteiger partial charge is 0.417 e. The molecule has 1 N–H and O–H groups in total. The fourth-order valence-corrected chi connectivity index (χ4v) is 4.37. The molecule has 2 heterocycles. The molecular weight excluding hydrogens is 453 g/mol. The zero-order chi connectivity index (χ0) is 22.5. The summed E-state index contributed by atoms with van der Waals surface area (Å²) in [4.78, 5) is 25.1. The first-order valence-corrected chi connectivity index (χ1v) is 10.00. The highest BCUT2D eigenvalue weighted by Crippen LogP contribution is 2.37. The number of hydrogen-bond donors (Lipinski definition) is 1. The normalized spacial score (nSPS) is 11.8. The van der Waals surface area contributed by atoms with Crippen LogP contribution in [-0.4, -0.2) is 26.8 Å². The second kappa shape index (κ2) is 7.51. The molecule has 31 heavy (non-hydrogen) atoms. The summed E-state index contributed by atoms with van der Waals surface area (Å²) in [7, 11) is 0. The molecular formula is C21H12ClF3N2O3S. The third-order valence-corrected chi connectivity index (χ3v) is 5.88. The van der Waals surface area contributed by atoms with Gasteiger partial charge in [0.05, 0.1) is 26.9 Å². The van der Waals surface area contributed by atoms with Crippen LogP contribution in [0.4, 0.5) is 13.2 Å². The summed E-state index contributed by atoms with van der Waals surface area (Å²) >= 11 is 7.20. The van der Waals surface area contributed by atoms with E-state index in [2.05, 4.69) is 5.10 Å². The van der Waals surface area contributed by atoms with Crippen LogP contribution >= 0.6 is 22.9 Å². The molecule has 0 radical (unpaired) electrons. The van der Waals surface area contributed by atoms with Crippen molar-refractivity contribution in [3.63, 3.8) is 0 Å².